The van der Waals surface area contributed by atoms with Gasteiger partial charge in [0.25, 0.3) is 0 Å². The van der Waals surface area contributed by atoms with Gasteiger partial charge in [-0.3, -0.25) is 0 Å². The van der Waals surface area contributed by atoms with Gasteiger partial charge in [0.1, 0.15) is 12.4 Å². The Kier molecular flexibility index (Phi) is 4.96. The maximum Gasteiger partial charge on any atom is 0.150 e. The van der Waals surface area contributed by atoms with Gasteiger partial charge in [0.05, 0.1) is 11.9 Å². The standard InChI is InChI=1S/C12H18O4S/c1-3-12(13)10-4-6-11(7-5-10)16-8-9-17(2,14)15/h4-7,12-13H,3,8-9H2,1-2H3. The number of ether oxygens (including phenoxy) is 1. The van der Waals surface area contributed by atoms with Crippen molar-refractivity contribution in [1.29, 1.82) is 0 Å². The van der Waals surface area contributed by atoms with Gasteiger partial charge in [0.15, 0.2) is 9.84 Å². The van der Waals surface area contributed by atoms with E-state index >= 15 is 0 Å². The Hall–Kier alpha value is -1.07. The van der Waals surface area contributed by atoms with Crippen molar-refractivity contribution < 1.29 is 18.3 Å². The first kappa shape index (κ1) is 14.0. The van der Waals surface area contributed by atoms with Crippen LogP contribution in [0.15, 0.2) is 24.3 Å². The van der Waals surface area contributed by atoms with Crippen molar-refractivity contribution >= 4 is 9.84 Å². The van der Waals surface area contributed by atoms with Crippen molar-refractivity contribution in [3.8, 4) is 5.75 Å². The molecular formula is C12H18O4S. The van der Waals surface area contributed by atoms with Crippen LogP contribution in [0, 0.1) is 0 Å². The summed E-state index contributed by atoms with van der Waals surface area (Å²) in [6.45, 7) is 2.05. The molecule has 0 amide bonds. The fourth-order valence-corrected chi connectivity index (χ4v) is 1.72. The lowest BCUT2D eigenvalue weighted by molar-refractivity contribution is 0.173. The Labute approximate surface area is 102 Å². The van der Waals surface area contributed by atoms with Gasteiger partial charge in [-0.2, -0.15) is 0 Å². The van der Waals surface area contributed by atoms with Gasteiger partial charge in [0.2, 0.25) is 0 Å². The van der Waals surface area contributed by atoms with Crippen LogP contribution >= 0.6 is 0 Å². The highest BCUT2D eigenvalue weighted by atomic mass is 32.2. The third-order valence-electron chi connectivity index (χ3n) is 2.37. The molecule has 96 valence electrons. The Morgan fingerprint density at radius 3 is 2.35 bits per heavy atom. The van der Waals surface area contributed by atoms with Gasteiger partial charge < -0.3 is 9.84 Å². The smallest absolute Gasteiger partial charge is 0.150 e. The van der Waals surface area contributed by atoms with Gasteiger partial charge in [-0.25, -0.2) is 8.42 Å². The lowest BCUT2D eigenvalue weighted by atomic mass is 10.1. The van der Waals surface area contributed by atoms with Gasteiger partial charge in [-0.05, 0) is 24.1 Å². The zero-order chi connectivity index (χ0) is 12.9. The van der Waals surface area contributed by atoms with Crippen LogP contribution in [0.3, 0.4) is 0 Å². The molecule has 0 spiro atoms. The van der Waals surface area contributed by atoms with Gasteiger partial charge in [0, 0.05) is 6.26 Å². The van der Waals surface area contributed by atoms with Crippen LogP contribution < -0.4 is 4.74 Å². The van der Waals surface area contributed by atoms with Crippen molar-refractivity contribution in [3.05, 3.63) is 29.8 Å². The SMILES string of the molecule is CCC(O)c1ccc(OCCS(C)(=O)=O)cc1. The van der Waals surface area contributed by atoms with Crippen molar-refractivity contribution in [3.63, 3.8) is 0 Å². The summed E-state index contributed by atoms with van der Waals surface area (Å²) in [5.41, 5.74) is 0.836. The molecule has 5 heteroatoms. The fourth-order valence-electron chi connectivity index (χ4n) is 1.33. The summed E-state index contributed by atoms with van der Waals surface area (Å²) >= 11 is 0. The van der Waals surface area contributed by atoms with E-state index in [0.717, 1.165) is 5.56 Å². The Morgan fingerprint density at radius 2 is 1.88 bits per heavy atom. The highest BCUT2D eigenvalue weighted by Crippen LogP contribution is 2.19. The molecule has 1 N–H and O–H groups in total. The topological polar surface area (TPSA) is 63.6 Å². The van der Waals surface area contributed by atoms with E-state index < -0.39 is 15.9 Å². The maximum atomic E-state index is 10.9. The summed E-state index contributed by atoms with van der Waals surface area (Å²) in [6, 6.07) is 7.03. The van der Waals surface area contributed by atoms with Crippen molar-refractivity contribution in [1.82, 2.24) is 0 Å². The lowest BCUT2D eigenvalue weighted by Gasteiger charge is -2.09. The average Bonchev–Trinajstić information content (AvgIpc) is 2.27. The van der Waals surface area contributed by atoms with E-state index in [9.17, 15) is 13.5 Å². The number of sulfone groups is 1. The van der Waals surface area contributed by atoms with E-state index in [0.29, 0.717) is 12.2 Å². The highest BCUT2D eigenvalue weighted by Gasteiger charge is 2.05. The van der Waals surface area contributed by atoms with Gasteiger partial charge >= 0.3 is 0 Å². The first-order chi connectivity index (χ1) is 7.92. The summed E-state index contributed by atoms with van der Waals surface area (Å²) in [5.74, 6) is 0.618. The highest BCUT2D eigenvalue weighted by molar-refractivity contribution is 7.90. The fraction of sp³-hybridized carbons (Fsp3) is 0.500. The molecule has 0 saturated heterocycles. The van der Waals surface area contributed by atoms with Crippen LogP contribution in [-0.2, 0) is 9.84 Å². The minimum atomic E-state index is -2.98. The first-order valence-electron chi connectivity index (χ1n) is 5.51. The van der Waals surface area contributed by atoms with Crippen LogP contribution in [0.25, 0.3) is 0 Å². The molecule has 0 aromatic heterocycles. The maximum absolute atomic E-state index is 10.9. The molecule has 4 nitrogen and oxygen atoms in total. The molecule has 0 radical (unpaired) electrons. The first-order valence-corrected chi connectivity index (χ1v) is 7.57. The Bertz CT molecular complexity index is 436. The second kappa shape index (κ2) is 6.02. The van der Waals surface area contributed by atoms with Crippen LogP contribution in [0.2, 0.25) is 0 Å². The van der Waals surface area contributed by atoms with E-state index in [1.165, 1.54) is 6.26 Å². The molecule has 17 heavy (non-hydrogen) atoms. The second-order valence-corrected chi connectivity index (χ2v) is 6.23. The van der Waals surface area contributed by atoms with Crippen molar-refractivity contribution in [2.75, 3.05) is 18.6 Å². The number of aliphatic hydroxyl groups excluding tert-OH is 1. The normalized spacial score (nSPS) is 13.4. The summed E-state index contributed by atoms with van der Waals surface area (Å²) in [7, 11) is -2.98. The molecule has 1 atom stereocenters. The Balaban J connectivity index is 2.51. The number of aliphatic hydroxyl groups is 1. The molecule has 1 unspecified atom stereocenters. The molecule has 1 rings (SSSR count). The van der Waals surface area contributed by atoms with E-state index in [1.807, 2.05) is 6.92 Å². The summed E-state index contributed by atoms with van der Waals surface area (Å²) in [4.78, 5) is 0. The van der Waals surface area contributed by atoms with Crippen molar-refractivity contribution in [2.24, 2.45) is 0 Å². The van der Waals surface area contributed by atoms with E-state index in [-0.39, 0.29) is 12.4 Å². The molecule has 1 aromatic rings. The minimum absolute atomic E-state index is 0.00629. The molecule has 0 heterocycles. The zero-order valence-corrected chi connectivity index (χ0v) is 10.9. The molecule has 0 saturated carbocycles. The quantitative estimate of drug-likeness (QED) is 0.841. The lowest BCUT2D eigenvalue weighted by Crippen LogP contribution is -2.12. The molecule has 0 aliphatic heterocycles. The molecule has 0 bridgehead atoms. The van der Waals surface area contributed by atoms with Gasteiger partial charge in [-0.1, -0.05) is 19.1 Å². The van der Waals surface area contributed by atoms with Crippen LogP contribution in [0.5, 0.6) is 5.75 Å². The number of rotatable bonds is 6. The van der Waals surface area contributed by atoms with Crippen LogP contribution in [0.4, 0.5) is 0 Å². The molecule has 0 aliphatic carbocycles. The largest absolute Gasteiger partial charge is 0.493 e. The van der Waals surface area contributed by atoms with Crippen LogP contribution in [0.1, 0.15) is 25.0 Å². The number of benzene rings is 1. The summed E-state index contributed by atoms with van der Waals surface area (Å²) in [6.07, 6.45) is 1.38. The Morgan fingerprint density at radius 1 is 1.29 bits per heavy atom. The van der Waals surface area contributed by atoms with Crippen LogP contribution in [-0.4, -0.2) is 32.1 Å². The molecular weight excluding hydrogens is 240 g/mol. The molecule has 1 aromatic carbocycles. The predicted molar refractivity (Wildman–Crippen MR) is 66.9 cm³/mol. The zero-order valence-electron chi connectivity index (χ0n) is 10.1. The predicted octanol–water partition coefficient (Wildman–Crippen LogP) is 1.55. The molecule has 0 aliphatic rings. The number of hydrogen-bond acceptors (Lipinski definition) is 4. The monoisotopic (exact) mass is 258 g/mol. The number of hydrogen-bond donors (Lipinski definition) is 1. The average molecular weight is 258 g/mol. The third-order valence-corrected chi connectivity index (χ3v) is 3.28. The minimum Gasteiger partial charge on any atom is -0.493 e. The van der Waals surface area contributed by atoms with E-state index in [1.54, 1.807) is 24.3 Å². The summed E-state index contributed by atoms with van der Waals surface area (Å²) < 4.78 is 27.1. The van der Waals surface area contributed by atoms with E-state index in [4.69, 9.17) is 4.74 Å². The second-order valence-electron chi connectivity index (χ2n) is 3.97. The molecule has 0 fully saturated rings. The van der Waals surface area contributed by atoms with Crippen molar-refractivity contribution in [2.45, 2.75) is 19.4 Å². The summed E-state index contributed by atoms with van der Waals surface area (Å²) in [5, 5.41) is 9.58. The third kappa shape index (κ3) is 5.19. The van der Waals surface area contributed by atoms with Gasteiger partial charge in [-0.15, -0.1) is 0 Å². The van der Waals surface area contributed by atoms with E-state index in [2.05, 4.69) is 0 Å².